The van der Waals surface area contributed by atoms with Crippen LogP contribution < -0.4 is 0 Å². The van der Waals surface area contributed by atoms with Crippen molar-refractivity contribution in [2.75, 3.05) is 13.2 Å². The van der Waals surface area contributed by atoms with E-state index in [1.807, 2.05) is 41.0 Å². The zero-order valence-electron chi connectivity index (χ0n) is 11.5. The maximum absolute atomic E-state index is 13.8. The van der Waals surface area contributed by atoms with Crippen molar-refractivity contribution in [3.05, 3.63) is 27.3 Å². The predicted molar refractivity (Wildman–Crippen MR) is 87.8 cm³/mol. The number of aryl methyl sites for hydroxylation is 1. The highest BCUT2D eigenvalue weighted by molar-refractivity contribution is 14.1. The van der Waals surface area contributed by atoms with E-state index in [-0.39, 0.29) is 11.2 Å². The summed E-state index contributed by atoms with van der Waals surface area (Å²) in [5.41, 5.74) is 1.58. The van der Waals surface area contributed by atoms with Gasteiger partial charge in [0, 0.05) is 25.8 Å². The van der Waals surface area contributed by atoms with Gasteiger partial charge in [0.15, 0.2) is 0 Å². The van der Waals surface area contributed by atoms with Gasteiger partial charge in [-0.3, -0.25) is 0 Å². The molecule has 2 aromatic rings. The second kappa shape index (κ2) is 7.04. The highest BCUT2D eigenvalue weighted by atomic mass is 127. The van der Waals surface area contributed by atoms with E-state index in [4.69, 9.17) is 16.3 Å². The van der Waals surface area contributed by atoms with E-state index in [2.05, 4.69) is 4.98 Å². The third kappa shape index (κ3) is 3.43. The van der Waals surface area contributed by atoms with E-state index in [9.17, 15) is 4.39 Å². The molecular weight excluding hydrogens is 394 g/mol. The van der Waals surface area contributed by atoms with Gasteiger partial charge in [-0.25, -0.2) is 9.37 Å². The van der Waals surface area contributed by atoms with Gasteiger partial charge in [0.25, 0.3) is 0 Å². The first-order valence-electron chi connectivity index (χ1n) is 6.61. The molecule has 0 aliphatic heterocycles. The molecule has 0 radical (unpaired) electrons. The van der Waals surface area contributed by atoms with Gasteiger partial charge in [-0.2, -0.15) is 0 Å². The predicted octanol–water partition coefficient (Wildman–Crippen LogP) is 4.51. The molecule has 1 heterocycles. The smallest absolute Gasteiger partial charge is 0.138 e. The third-order valence-electron chi connectivity index (χ3n) is 3.05. The van der Waals surface area contributed by atoms with Gasteiger partial charge >= 0.3 is 0 Å². The Balaban J connectivity index is 2.37. The summed E-state index contributed by atoms with van der Waals surface area (Å²) in [6.45, 7) is 5.96. The molecule has 0 aliphatic carbocycles. The molecule has 20 heavy (non-hydrogen) atoms. The average Bonchev–Trinajstić information content (AvgIpc) is 2.74. The Kier molecular flexibility index (Phi) is 5.63. The third-order valence-corrected chi connectivity index (χ3v) is 4.07. The van der Waals surface area contributed by atoms with Crippen LogP contribution in [-0.4, -0.2) is 22.8 Å². The molecular formula is C14H17ClFIN2O. The fraction of sp³-hybridized carbons (Fsp3) is 0.500. The molecule has 0 N–H and O–H groups in total. The SMILES string of the molecule is CCOCCCn1c(C(C)Cl)nc2cc(I)c(F)cc21. The van der Waals surface area contributed by atoms with Crippen molar-refractivity contribution in [3.63, 3.8) is 0 Å². The Morgan fingerprint density at radius 2 is 2.25 bits per heavy atom. The quantitative estimate of drug-likeness (QED) is 0.398. The van der Waals surface area contributed by atoms with Crippen molar-refractivity contribution >= 4 is 45.2 Å². The second-order valence-corrected chi connectivity index (χ2v) is 6.36. The van der Waals surface area contributed by atoms with Crippen molar-refractivity contribution in [1.29, 1.82) is 0 Å². The topological polar surface area (TPSA) is 27.1 Å². The Morgan fingerprint density at radius 3 is 2.90 bits per heavy atom. The summed E-state index contributed by atoms with van der Waals surface area (Å²) in [5, 5.41) is -0.213. The molecule has 1 aromatic heterocycles. The van der Waals surface area contributed by atoms with Crippen molar-refractivity contribution in [3.8, 4) is 0 Å². The number of rotatable bonds is 6. The van der Waals surface area contributed by atoms with E-state index in [0.29, 0.717) is 16.8 Å². The molecule has 0 aliphatic rings. The van der Waals surface area contributed by atoms with E-state index in [1.54, 1.807) is 6.07 Å². The molecule has 110 valence electrons. The highest BCUT2D eigenvalue weighted by Gasteiger charge is 2.16. The summed E-state index contributed by atoms with van der Waals surface area (Å²) in [7, 11) is 0. The fourth-order valence-corrected chi connectivity index (χ4v) is 2.76. The number of imidazole rings is 1. The summed E-state index contributed by atoms with van der Waals surface area (Å²) < 4.78 is 21.7. The number of benzene rings is 1. The first-order valence-corrected chi connectivity index (χ1v) is 8.13. The zero-order chi connectivity index (χ0) is 14.7. The van der Waals surface area contributed by atoms with E-state index in [1.165, 1.54) is 6.07 Å². The number of hydrogen-bond acceptors (Lipinski definition) is 2. The number of alkyl halides is 1. The maximum atomic E-state index is 13.8. The van der Waals surface area contributed by atoms with Crippen LogP contribution in [0.2, 0.25) is 0 Å². The Hall–Kier alpha value is -0.400. The van der Waals surface area contributed by atoms with Crippen LogP contribution in [0.25, 0.3) is 11.0 Å². The molecule has 0 fully saturated rings. The number of fused-ring (bicyclic) bond motifs is 1. The monoisotopic (exact) mass is 410 g/mol. The second-order valence-electron chi connectivity index (χ2n) is 4.54. The van der Waals surface area contributed by atoms with Gasteiger partial charge in [0.1, 0.15) is 11.6 Å². The van der Waals surface area contributed by atoms with Gasteiger partial charge in [0.05, 0.1) is 20.0 Å². The molecule has 1 unspecified atom stereocenters. The van der Waals surface area contributed by atoms with Crippen molar-refractivity contribution in [1.82, 2.24) is 9.55 Å². The van der Waals surface area contributed by atoms with E-state index in [0.717, 1.165) is 29.8 Å². The number of hydrogen-bond donors (Lipinski definition) is 0. The normalized spacial score (nSPS) is 13.1. The van der Waals surface area contributed by atoms with Crippen molar-refractivity contribution in [2.45, 2.75) is 32.2 Å². The first kappa shape index (κ1) is 16.0. The van der Waals surface area contributed by atoms with Crippen molar-refractivity contribution < 1.29 is 9.13 Å². The molecule has 1 atom stereocenters. The van der Waals surface area contributed by atoms with Gasteiger partial charge in [-0.15, -0.1) is 11.6 Å². The standard InChI is InChI=1S/C14H17ClFIN2O/c1-3-20-6-4-5-19-13-7-10(16)11(17)8-12(13)18-14(19)9(2)15/h7-9H,3-6H2,1-2H3. The lowest BCUT2D eigenvalue weighted by Crippen LogP contribution is -2.07. The number of ether oxygens (including phenoxy) is 1. The number of nitrogens with zero attached hydrogens (tertiary/aromatic N) is 2. The lowest BCUT2D eigenvalue weighted by molar-refractivity contribution is 0.141. The molecule has 0 saturated heterocycles. The summed E-state index contributed by atoms with van der Waals surface area (Å²) in [5.74, 6) is 0.553. The molecule has 1 aromatic carbocycles. The molecule has 0 spiro atoms. The Labute approximate surface area is 136 Å². The Bertz CT molecular complexity index is 600. The fourth-order valence-electron chi connectivity index (χ4n) is 2.15. The largest absolute Gasteiger partial charge is 0.382 e. The Morgan fingerprint density at radius 1 is 1.50 bits per heavy atom. The lowest BCUT2D eigenvalue weighted by atomic mass is 10.3. The van der Waals surface area contributed by atoms with Crippen LogP contribution in [0.4, 0.5) is 4.39 Å². The van der Waals surface area contributed by atoms with Gasteiger partial charge in [-0.1, -0.05) is 0 Å². The van der Waals surface area contributed by atoms with Crippen LogP contribution in [0.15, 0.2) is 12.1 Å². The highest BCUT2D eigenvalue weighted by Crippen LogP contribution is 2.27. The van der Waals surface area contributed by atoms with Crippen LogP contribution in [-0.2, 0) is 11.3 Å². The van der Waals surface area contributed by atoms with Crippen LogP contribution in [0.1, 0.15) is 31.5 Å². The summed E-state index contributed by atoms with van der Waals surface area (Å²) in [6, 6.07) is 3.29. The minimum absolute atomic E-state index is 0.213. The van der Waals surface area contributed by atoms with Gasteiger partial charge < -0.3 is 9.30 Å². The molecule has 3 nitrogen and oxygen atoms in total. The molecule has 0 bridgehead atoms. The van der Waals surface area contributed by atoms with Crippen molar-refractivity contribution in [2.24, 2.45) is 0 Å². The minimum atomic E-state index is -0.224. The summed E-state index contributed by atoms with van der Waals surface area (Å²) in [4.78, 5) is 4.53. The first-order chi connectivity index (χ1) is 9.54. The van der Waals surface area contributed by atoms with Crippen LogP contribution >= 0.6 is 34.2 Å². The molecule has 6 heteroatoms. The zero-order valence-corrected chi connectivity index (χ0v) is 14.4. The number of halogens is 3. The van der Waals surface area contributed by atoms with Crippen LogP contribution in [0.3, 0.4) is 0 Å². The van der Waals surface area contributed by atoms with E-state index < -0.39 is 0 Å². The molecule has 2 rings (SSSR count). The van der Waals surface area contributed by atoms with Crippen LogP contribution in [0.5, 0.6) is 0 Å². The lowest BCUT2D eigenvalue weighted by Gasteiger charge is -2.10. The van der Waals surface area contributed by atoms with Gasteiger partial charge in [0.2, 0.25) is 0 Å². The maximum Gasteiger partial charge on any atom is 0.138 e. The average molecular weight is 411 g/mol. The van der Waals surface area contributed by atoms with E-state index >= 15 is 0 Å². The number of aromatic nitrogens is 2. The van der Waals surface area contributed by atoms with Crippen LogP contribution in [0, 0.1) is 9.39 Å². The minimum Gasteiger partial charge on any atom is -0.382 e. The molecule has 0 amide bonds. The molecule has 0 saturated carbocycles. The summed E-state index contributed by atoms with van der Waals surface area (Å²) >= 11 is 8.16. The van der Waals surface area contributed by atoms with Gasteiger partial charge in [-0.05, 0) is 48.9 Å². The summed E-state index contributed by atoms with van der Waals surface area (Å²) in [6.07, 6.45) is 0.851.